The summed E-state index contributed by atoms with van der Waals surface area (Å²) in [5, 5.41) is 8.67. The van der Waals surface area contributed by atoms with E-state index in [1.54, 1.807) is 7.11 Å². The van der Waals surface area contributed by atoms with Crippen LogP contribution in [0.15, 0.2) is 0 Å². The highest BCUT2D eigenvalue weighted by molar-refractivity contribution is 5.69. The molecule has 100 valence electrons. The van der Waals surface area contributed by atoms with Crippen LogP contribution in [0.1, 0.15) is 0 Å². The highest BCUT2D eigenvalue weighted by Crippen LogP contribution is 2.00. The molecular weight excluding hydrogens is 224 g/mol. The number of hydrogen-bond acceptors (Lipinski definition) is 5. The van der Waals surface area contributed by atoms with Crippen molar-refractivity contribution in [2.24, 2.45) is 0 Å². The first kappa shape index (κ1) is 14.4. The third-order valence-corrected chi connectivity index (χ3v) is 2.81. The lowest BCUT2D eigenvalue weighted by molar-refractivity contribution is -0.138. The molecule has 0 aromatic heterocycles. The first-order valence-electron chi connectivity index (χ1n) is 5.95. The molecule has 1 rings (SSSR count). The van der Waals surface area contributed by atoms with E-state index in [0.717, 1.165) is 32.7 Å². The molecule has 0 aromatic carbocycles. The molecule has 0 atom stereocenters. The third-order valence-electron chi connectivity index (χ3n) is 2.81. The largest absolute Gasteiger partial charge is 0.480 e. The summed E-state index contributed by atoms with van der Waals surface area (Å²) in [5.41, 5.74) is 0. The molecule has 17 heavy (non-hydrogen) atoms. The second-order valence-corrected chi connectivity index (χ2v) is 4.12. The van der Waals surface area contributed by atoms with Crippen molar-refractivity contribution in [3.05, 3.63) is 0 Å². The lowest BCUT2D eigenvalue weighted by Crippen LogP contribution is -2.48. The van der Waals surface area contributed by atoms with Crippen LogP contribution in [-0.2, 0) is 14.3 Å². The Kier molecular flexibility index (Phi) is 7.11. The van der Waals surface area contributed by atoms with Gasteiger partial charge in [0.1, 0.15) is 0 Å². The Balaban J connectivity index is 2.01. The maximum absolute atomic E-state index is 10.5. The molecule has 1 aliphatic rings. The topological polar surface area (TPSA) is 62.2 Å². The summed E-state index contributed by atoms with van der Waals surface area (Å²) in [7, 11) is 1.66. The number of rotatable bonds is 8. The number of carbonyl (C=O) groups is 1. The highest BCUT2D eigenvalue weighted by atomic mass is 16.5. The molecule has 1 saturated heterocycles. The molecule has 0 spiro atoms. The van der Waals surface area contributed by atoms with E-state index >= 15 is 0 Å². The van der Waals surface area contributed by atoms with Crippen molar-refractivity contribution in [3.8, 4) is 0 Å². The minimum absolute atomic E-state index is 0.151. The fourth-order valence-corrected chi connectivity index (χ4v) is 1.80. The van der Waals surface area contributed by atoms with E-state index in [1.165, 1.54) is 0 Å². The summed E-state index contributed by atoms with van der Waals surface area (Å²) < 4.78 is 10.3. The van der Waals surface area contributed by atoms with Gasteiger partial charge in [0.25, 0.3) is 0 Å². The number of carboxylic acids is 1. The molecule has 1 N–H and O–H groups in total. The van der Waals surface area contributed by atoms with Gasteiger partial charge in [-0.05, 0) is 0 Å². The number of ether oxygens (including phenoxy) is 2. The monoisotopic (exact) mass is 246 g/mol. The van der Waals surface area contributed by atoms with Crippen LogP contribution in [0.4, 0.5) is 0 Å². The van der Waals surface area contributed by atoms with Gasteiger partial charge in [0.2, 0.25) is 0 Å². The van der Waals surface area contributed by atoms with Crippen LogP contribution < -0.4 is 0 Å². The number of aliphatic carboxylic acids is 1. The van der Waals surface area contributed by atoms with Crippen molar-refractivity contribution in [2.45, 2.75) is 0 Å². The summed E-state index contributed by atoms with van der Waals surface area (Å²) >= 11 is 0. The van der Waals surface area contributed by atoms with E-state index in [1.807, 2.05) is 4.90 Å². The van der Waals surface area contributed by atoms with E-state index in [9.17, 15) is 4.79 Å². The fraction of sp³-hybridized carbons (Fsp3) is 0.909. The van der Waals surface area contributed by atoms with Crippen LogP contribution in [0.3, 0.4) is 0 Å². The maximum atomic E-state index is 10.5. The molecule has 0 saturated carbocycles. The Morgan fingerprint density at radius 3 is 2.35 bits per heavy atom. The fourth-order valence-electron chi connectivity index (χ4n) is 1.80. The number of nitrogens with zero attached hydrogens (tertiary/aromatic N) is 2. The van der Waals surface area contributed by atoms with Crippen LogP contribution >= 0.6 is 0 Å². The van der Waals surface area contributed by atoms with Gasteiger partial charge in [0.05, 0.1) is 26.4 Å². The van der Waals surface area contributed by atoms with Crippen LogP contribution in [0.2, 0.25) is 0 Å². The molecule has 0 radical (unpaired) electrons. The molecule has 6 heteroatoms. The Morgan fingerprint density at radius 2 is 1.76 bits per heavy atom. The van der Waals surface area contributed by atoms with Crippen molar-refractivity contribution in [2.75, 3.05) is 66.2 Å². The van der Waals surface area contributed by atoms with Crippen molar-refractivity contribution in [1.29, 1.82) is 0 Å². The average Bonchev–Trinajstić information content (AvgIpc) is 2.30. The average molecular weight is 246 g/mol. The van der Waals surface area contributed by atoms with Crippen LogP contribution in [-0.4, -0.2) is 87.1 Å². The second kappa shape index (κ2) is 8.41. The zero-order valence-electron chi connectivity index (χ0n) is 10.4. The standard InChI is InChI=1S/C11H22N2O4/c1-16-8-9-17-7-6-12-2-4-13(5-3-12)10-11(14)15/h2-10H2,1H3,(H,14,15). The van der Waals surface area contributed by atoms with Gasteiger partial charge in [-0.15, -0.1) is 0 Å². The lowest BCUT2D eigenvalue weighted by atomic mass is 10.3. The summed E-state index contributed by atoms with van der Waals surface area (Å²) in [5.74, 6) is -0.749. The summed E-state index contributed by atoms with van der Waals surface area (Å²) in [6, 6.07) is 0. The number of carboxylic acid groups (broad SMARTS) is 1. The third kappa shape index (κ3) is 6.58. The Bertz CT molecular complexity index is 218. The Morgan fingerprint density at radius 1 is 1.12 bits per heavy atom. The molecule has 0 amide bonds. The molecule has 1 aliphatic heterocycles. The number of hydrogen-bond donors (Lipinski definition) is 1. The summed E-state index contributed by atoms with van der Waals surface area (Å²) in [4.78, 5) is 14.8. The maximum Gasteiger partial charge on any atom is 0.317 e. The van der Waals surface area contributed by atoms with E-state index in [-0.39, 0.29) is 6.54 Å². The Labute approximate surface area is 102 Å². The van der Waals surface area contributed by atoms with Gasteiger partial charge in [-0.3, -0.25) is 14.6 Å². The van der Waals surface area contributed by atoms with Crippen molar-refractivity contribution in [1.82, 2.24) is 9.80 Å². The van der Waals surface area contributed by atoms with Crippen LogP contribution in [0.5, 0.6) is 0 Å². The van der Waals surface area contributed by atoms with Crippen molar-refractivity contribution in [3.63, 3.8) is 0 Å². The zero-order chi connectivity index (χ0) is 12.5. The normalized spacial score (nSPS) is 18.4. The van der Waals surface area contributed by atoms with E-state index < -0.39 is 5.97 Å². The smallest absolute Gasteiger partial charge is 0.317 e. The van der Waals surface area contributed by atoms with E-state index in [2.05, 4.69) is 4.90 Å². The van der Waals surface area contributed by atoms with Gasteiger partial charge in [0.15, 0.2) is 0 Å². The van der Waals surface area contributed by atoms with Gasteiger partial charge in [-0.25, -0.2) is 0 Å². The van der Waals surface area contributed by atoms with Gasteiger partial charge in [-0.2, -0.15) is 0 Å². The van der Waals surface area contributed by atoms with Gasteiger partial charge in [0, 0.05) is 39.8 Å². The van der Waals surface area contributed by atoms with Crippen LogP contribution in [0.25, 0.3) is 0 Å². The van der Waals surface area contributed by atoms with Gasteiger partial charge in [-0.1, -0.05) is 0 Å². The minimum Gasteiger partial charge on any atom is -0.480 e. The molecule has 1 heterocycles. The Hall–Kier alpha value is -0.690. The molecule has 1 fully saturated rings. The van der Waals surface area contributed by atoms with Crippen molar-refractivity contribution < 1.29 is 19.4 Å². The molecule has 0 aliphatic carbocycles. The predicted molar refractivity (Wildman–Crippen MR) is 63.2 cm³/mol. The summed E-state index contributed by atoms with van der Waals surface area (Å²) in [6.45, 7) is 6.52. The van der Waals surface area contributed by atoms with Gasteiger partial charge < -0.3 is 14.6 Å². The minimum atomic E-state index is -0.749. The molecule has 0 aromatic rings. The number of piperazine rings is 1. The van der Waals surface area contributed by atoms with Crippen molar-refractivity contribution >= 4 is 5.97 Å². The lowest BCUT2D eigenvalue weighted by Gasteiger charge is -2.33. The molecule has 0 unspecified atom stereocenters. The van der Waals surface area contributed by atoms with E-state index in [0.29, 0.717) is 19.8 Å². The van der Waals surface area contributed by atoms with Gasteiger partial charge >= 0.3 is 5.97 Å². The first-order valence-corrected chi connectivity index (χ1v) is 5.95. The van der Waals surface area contributed by atoms with E-state index in [4.69, 9.17) is 14.6 Å². The predicted octanol–water partition coefficient (Wildman–Crippen LogP) is -0.648. The molecule has 0 bridgehead atoms. The number of methoxy groups -OCH3 is 1. The zero-order valence-corrected chi connectivity index (χ0v) is 10.4. The quantitative estimate of drug-likeness (QED) is 0.574. The molecule has 6 nitrogen and oxygen atoms in total. The highest BCUT2D eigenvalue weighted by Gasteiger charge is 2.17. The first-order chi connectivity index (χ1) is 8.22. The second-order valence-electron chi connectivity index (χ2n) is 4.12. The SMILES string of the molecule is COCCOCCN1CCN(CC(=O)O)CC1. The molecular formula is C11H22N2O4. The van der Waals surface area contributed by atoms with Crippen LogP contribution in [0, 0.1) is 0 Å². The summed E-state index contributed by atoms with van der Waals surface area (Å²) in [6.07, 6.45) is 0.